The Labute approximate surface area is 167 Å². The second-order valence-corrected chi connectivity index (χ2v) is 6.73. The van der Waals surface area contributed by atoms with Gasteiger partial charge in [-0.1, -0.05) is 18.5 Å². The van der Waals surface area contributed by atoms with Gasteiger partial charge in [-0.25, -0.2) is 4.98 Å². The fourth-order valence-corrected chi connectivity index (χ4v) is 3.11. The van der Waals surface area contributed by atoms with E-state index in [2.05, 4.69) is 10.3 Å². The normalized spacial score (nSPS) is 16.8. The van der Waals surface area contributed by atoms with Crippen molar-refractivity contribution in [2.45, 2.75) is 32.4 Å². The topological polar surface area (TPSA) is 107 Å². The molecule has 3 N–H and O–H groups in total. The van der Waals surface area contributed by atoms with E-state index in [4.69, 9.17) is 26.8 Å². The predicted octanol–water partition coefficient (Wildman–Crippen LogP) is 2.86. The van der Waals surface area contributed by atoms with Crippen LogP contribution in [0.25, 0.3) is 0 Å². The van der Waals surface area contributed by atoms with Crippen molar-refractivity contribution in [1.29, 1.82) is 0 Å². The number of nitrogen functional groups attached to an aromatic ring is 1. The van der Waals surface area contributed by atoms with Crippen LogP contribution in [-0.4, -0.2) is 36.1 Å². The summed E-state index contributed by atoms with van der Waals surface area (Å²) in [5, 5.41) is 3.20. The van der Waals surface area contributed by atoms with Gasteiger partial charge in [0.05, 0.1) is 12.8 Å². The van der Waals surface area contributed by atoms with Crippen molar-refractivity contribution in [3.63, 3.8) is 0 Å². The number of amides is 2. The third-order valence-electron chi connectivity index (χ3n) is 4.43. The van der Waals surface area contributed by atoms with Crippen LogP contribution in [0.5, 0.6) is 11.5 Å². The van der Waals surface area contributed by atoms with Crippen molar-refractivity contribution < 1.29 is 19.1 Å². The Morgan fingerprint density at radius 1 is 1.43 bits per heavy atom. The quantitative estimate of drug-likeness (QED) is 0.793. The first-order valence-electron chi connectivity index (χ1n) is 8.76. The maximum Gasteiger partial charge on any atom is 0.270 e. The van der Waals surface area contributed by atoms with Crippen molar-refractivity contribution >= 4 is 40.7 Å². The lowest BCUT2D eigenvalue weighted by Crippen LogP contribution is -2.53. The van der Waals surface area contributed by atoms with Crippen LogP contribution in [0.1, 0.15) is 20.3 Å². The first kappa shape index (κ1) is 19.8. The monoisotopic (exact) mass is 404 g/mol. The summed E-state index contributed by atoms with van der Waals surface area (Å²) in [6.45, 7) is 3.44. The largest absolute Gasteiger partial charge is 0.495 e. The highest BCUT2D eigenvalue weighted by Crippen LogP contribution is 2.35. The van der Waals surface area contributed by atoms with Crippen LogP contribution in [0, 0.1) is 0 Å². The molecule has 8 nitrogen and oxygen atoms in total. The Balaban J connectivity index is 1.93. The highest BCUT2D eigenvalue weighted by atomic mass is 35.5. The van der Waals surface area contributed by atoms with Crippen LogP contribution in [0.2, 0.25) is 5.02 Å². The van der Waals surface area contributed by atoms with Gasteiger partial charge in [0.2, 0.25) is 5.91 Å². The van der Waals surface area contributed by atoms with Gasteiger partial charge < -0.3 is 20.5 Å². The van der Waals surface area contributed by atoms with Gasteiger partial charge in [-0.2, -0.15) is 0 Å². The predicted molar refractivity (Wildman–Crippen MR) is 107 cm³/mol. The molecule has 0 fully saturated rings. The number of halogens is 1. The summed E-state index contributed by atoms with van der Waals surface area (Å²) in [6.07, 6.45) is -0.246. The highest BCUT2D eigenvalue weighted by molar-refractivity contribution is 6.31. The number of fused-ring (bicyclic) bond motifs is 1. The zero-order valence-electron chi connectivity index (χ0n) is 15.7. The number of nitrogens with two attached hydrogens (primary N) is 1. The average molecular weight is 405 g/mol. The molecule has 1 aliphatic heterocycles. The number of anilines is 3. The maximum absolute atomic E-state index is 12.9. The lowest BCUT2D eigenvalue weighted by atomic mass is 10.1. The fourth-order valence-electron chi connectivity index (χ4n) is 2.94. The van der Waals surface area contributed by atoms with Gasteiger partial charge in [0.1, 0.15) is 17.6 Å². The molecule has 0 spiro atoms. The van der Waals surface area contributed by atoms with Crippen LogP contribution >= 0.6 is 11.6 Å². The van der Waals surface area contributed by atoms with Gasteiger partial charge in [-0.3, -0.25) is 14.5 Å². The van der Waals surface area contributed by atoms with Crippen LogP contribution in [-0.2, 0) is 9.59 Å². The van der Waals surface area contributed by atoms with E-state index in [1.807, 2.05) is 6.92 Å². The summed E-state index contributed by atoms with van der Waals surface area (Å²) >= 11 is 6.02. The van der Waals surface area contributed by atoms with Crippen LogP contribution in [0.4, 0.5) is 17.3 Å². The van der Waals surface area contributed by atoms with E-state index in [1.54, 1.807) is 37.3 Å². The molecule has 0 radical (unpaired) electrons. The SMILES string of the molecule is CCC1Oc2ccc(N)nc2N(C(C)C(=O)Nc2cc(Cl)ccc2OC)C1=O. The van der Waals surface area contributed by atoms with Gasteiger partial charge >= 0.3 is 0 Å². The smallest absolute Gasteiger partial charge is 0.270 e. The molecule has 2 unspecified atom stereocenters. The molecule has 1 aromatic carbocycles. The van der Waals surface area contributed by atoms with Crippen molar-refractivity contribution in [2.75, 3.05) is 23.1 Å². The van der Waals surface area contributed by atoms with Gasteiger partial charge in [-0.15, -0.1) is 0 Å². The summed E-state index contributed by atoms with van der Waals surface area (Å²) in [6, 6.07) is 7.23. The molecule has 2 atom stereocenters. The molecule has 148 valence electrons. The van der Waals surface area contributed by atoms with E-state index < -0.39 is 18.1 Å². The van der Waals surface area contributed by atoms with Gasteiger partial charge in [0.15, 0.2) is 17.7 Å². The van der Waals surface area contributed by atoms with Crippen molar-refractivity contribution in [3.8, 4) is 11.5 Å². The van der Waals surface area contributed by atoms with Crippen LogP contribution < -0.4 is 25.4 Å². The Kier molecular flexibility index (Phi) is 5.60. The Hall–Kier alpha value is -3.00. The molecular weight excluding hydrogens is 384 g/mol. The number of ether oxygens (including phenoxy) is 2. The van der Waals surface area contributed by atoms with Crippen molar-refractivity contribution in [3.05, 3.63) is 35.4 Å². The van der Waals surface area contributed by atoms with Crippen LogP contribution in [0.3, 0.4) is 0 Å². The summed E-state index contributed by atoms with van der Waals surface area (Å²) < 4.78 is 11.0. The lowest BCUT2D eigenvalue weighted by Gasteiger charge is -2.36. The molecule has 3 rings (SSSR count). The second kappa shape index (κ2) is 7.93. The Bertz CT molecular complexity index is 921. The average Bonchev–Trinajstić information content (AvgIpc) is 2.67. The molecule has 0 saturated heterocycles. The number of nitrogens with one attached hydrogen (secondary N) is 1. The summed E-state index contributed by atoms with van der Waals surface area (Å²) in [4.78, 5) is 31.3. The zero-order chi connectivity index (χ0) is 20.4. The molecule has 28 heavy (non-hydrogen) atoms. The first-order valence-corrected chi connectivity index (χ1v) is 9.14. The van der Waals surface area contributed by atoms with E-state index in [0.717, 1.165) is 0 Å². The van der Waals surface area contributed by atoms with E-state index >= 15 is 0 Å². The van der Waals surface area contributed by atoms with Gasteiger partial charge in [0, 0.05) is 5.02 Å². The van der Waals surface area contributed by atoms with E-state index in [-0.39, 0.29) is 17.5 Å². The van der Waals surface area contributed by atoms with Crippen molar-refractivity contribution in [2.24, 2.45) is 0 Å². The summed E-state index contributed by atoms with van der Waals surface area (Å²) in [5.41, 5.74) is 6.18. The minimum atomic E-state index is -0.873. The lowest BCUT2D eigenvalue weighted by molar-refractivity contribution is -0.129. The van der Waals surface area contributed by atoms with Crippen molar-refractivity contribution in [1.82, 2.24) is 4.98 Å². The number of hydrogen-bond donors (Lipinski definition) is 2. The maximum atomic E-state index is 12.9. The summed E-state index contributed by atoms with van der Waals surface area (Å²) in [7, 11) is 1.49. The molecule has 1 aliphatic rings. The zero-order valence-corrected chi connectivity index (χ0v) is 16.5. The van der Waals surface area contributed by atoms with E-state index in [1.165, 1.54) is 12.0 Å². The number of methoxy groups -OCH3 is 1. The van der Waals surface area contributed by atoms with Gasteiger partial charge in [0.25, 0.3) is 5.91 Å². The Morgan fingerprint density at radius 2 is 2.18 bits per heavy atom. The molecule has 0 saturated carbocycles. The number of pyridine rings is 1. The first-order chi connectivity index (χ1) is 13.3. The number of carbonyl (C=O) groups is 2. The number of aromatic nitrogens is 1. The number of rotatable bonds is 5. The second-order valence-electron chi connectivity index (χ2n) is 6.29. The summed E-state index contributed by atoms with van der Waals surface area (Å²) in [5.74, 6) is 0.511. The minimum absolute atomic E-state index is 0.218. The molecule has 2 aromatic rings. The van der Waals surface area contributed by atoms with Gasteiger partial charge in [-0.05, 0) is 43.7 Å². The molecule has 0 aliphatic carbocycles. The van der Waals surface area contributed by atoms with Crippen LogP contribution in [0.15, 0.2) is 30.3 Å². The molecular formula is C19H21ClN4O4. The minimum Gasteiger partial charge on any atom is -0.495 e. The molecule has 0 bridgehead atoms. The van der Waals surface area contributed by atoms with E-state index in [0.29, 0.717) is 28.6 Å². The molecule has 2 amide bonds. The molecule has 2 heterocycles. The standard InChI is InChI=1S/C19H21ClN4O4/c1-4-13-19(26)24(17-15(28-13)7-8-16(21)23-17)10(2)18(25)22-12-9-11(20)5-6-14(12)27-3/h5-10,13H,4H2,1-3H3,(H2,21,23)(H,22,25). The third kappa shape index (κ3) is 3.68. The highest BCUT2D eigenvalue weighted by Gasteiger charge is 2.39. The third-order valence-corrected chi connectivity index (χ3v) is 4.66. The molecule has 9 heteroatoms. The van der Waals surface area contributed by atoms with E-state index in [9.17, 15) is 9.59 Å². The number of nitrogens with zero attached hydrogens (tertiary/aromatic N) is 2. The molecule has 1 aromatic heterocycles. The fraction of sp³-hybridized carbons (Fsp3) is 0.316. The number of carbonyl (C=O) groups excluding carboxylic acids is 2. The Morgan fingerprint density at radius 3 is 2.86 bits per heavy atom. The number of hydrogen-bond acceptors (Lipinski definition) is 6. The number of benzene rings is 1.